The fourth-order valence-corrected chi connectivity index (χ4v) is 3.10. The molecule has 0 saturated heterocycles. The van der Waals surface area contributed by atoms with Crippen LogP contribution < -0.4 is 5.32 Å². The molecule has 2 nitrogen and oxygen atoms in total. The lowest BCUT2D eigenvalue weighted by Crippen LogP contribution is -2.35. The summed E-state index contributed by atoms with van der Waals surface area (Å²) in [6.07, 6.45) is 0. The van der Waals surface area contributed by atoms with Gasteiger partial charge in [-0.25, -0.2) is 0 Å². The van der Waals surface area contributed by atoms with Gasteiger partial charge >= 0.3 is 0 Å². The van der Waals surface area contributed by atoms with Crippen LogP contribution in [0.5, 0.6) is 5.75 Å². The summed E-state index contributed by atoms with van der Waals surface area (Å²) >= 11 is 12.1. The first-order valence-electron chi connectivity index (χ1n) is 8.86. The van der Waals surface area contributed by atoms with Gasteiger partial charge in [-0.15, -0.1) is 0 Å². The third-order valence-corrected chi connectivity index (χ3v) is 4.83. The summed E-state index contributed by atoms with van der Waals surface area (Å²) in [5.41, 5.74) is 4.58. The van der Waals surface area contributed by atoms with E-state index in [0.717, 1.165) is 27.8 Å². The van der Waals surface area contributed by atoms with Crippen molar-refractivity contribution in [2.75, 3.05) is 0 Å². The van der Waals surface area contributed by atoms with E-state index in [4.69, 9.17) is 23.2 Å². The molecule has 0 amide bonds. The Kier molecular flexibility index (Phi) is 5.81. The lowest BCUT2D eigenvalue weighted by molar-refractivity contribution is 0.412. The van der Waals surface area contributed by atoms with Gasteiger partial charge < -0.3 is 10.4 Å². The highest BCUT2D eigenvalue weighted by Crippen LogP contribution is 2.37. The van der Waals surface area contributed by atoms with Crippen molar-refractivity contribution in [2.24, 2.45) is 0 Å². The molecule has 0 aliphatic heterocycles. The molecule has 0 heterocycles. The first-order valence-corrected chi connectivity index (χ1v) is 9.61. The summed E-state index contributed by atoms with van der Waals surface area (Å²) in [7, 11) is 0. The highest BCUT2D eigenvalue weighted by molar-refractivity contribution is 6.30. The van der Waals surface area contributed by atoms with E-state index in [9.17, 15) is 5.11 Å². The average molecular weight is 400 g/mol. The quantitative estimate of drug-likeness (QED) is 0.498. The van der Waals surface area contributed by atoms with Crippen LogP contribution in [0.4, 0.5) is 0 Å². The van der Waals surface area contributed by atoms with Crippen molar-refractivity contribution in [3.63, 3.8) is 0 Å². The predicted molar refractivity (Wildman–Crippen MR) is 116 cm³/mol. The number of halogens is 2. The van der Waals surface area contributed by atoms with Crippen LogP contribution >= 0.6 is 23.2 Å². The highest BCUT2D eigenvalue weighted by Gasteiger charge is 2.16. The number of hydrogen-bond acceptors (Lipinski definition) is 2. The van der Waals surface area contributed by atoms with E-state index in [2.05, 4.69) is 26.1 Å². The number of phenols is 1. The molecule has 3 aromatic carbocycles. The minimum atomic E-state index is -0.0524. The van der Waals surface area contributed by atoms with Gasteiger partial charge in [-0.2, -0.15) is 0 Å². The smallest absolute Gasteiger partial charge is 0.127 e. The molecule has 27 heavy (non-hydrogen) atoms. The number of hydrogen-bond donors (Lipinski definition) is 2. The second-order valence-electron chi connectivity index (χ2n) is 7.65. The summed E-state index contributed by atoms with van der Waals surface area (Å²) in [6, 6.07) is 19.3. The van der Waals surface area contributed by atoms with Gasteiger partial charge in [-0.1, -0.05) is 47.5 Å². The van der Waals surface area contributed by atoms with Gasteiger partial charge in [0, 0.05) is 33.3 Å². The van der Waals surface area contributed by atoms with Gasteiger partial charge in [-0.05, 0) is 73.9 Å². The van der Waals surface area contributed by atoms with Crippen LogP contribution in [-0.2, 0) is 6.54 Å². The van der Waals surface area contributed by atoms with Crippen LogP contribution in [0.25, 0.3) is 22.3 Å². The van der Waals surface area contributed by atoms with Gasteiger partial charge in [0.1, 0.15) is 5.75 Å². The summed E-state index contributed by atoms with van der Waals surface area (Å²) in [6.45, 7) is 6.88. The fourth-order valence-electron chi connectivity index (χ4n) is 2.85. The molecule has 0 bridgehead atoms. The molecule has 0 fully saturated rings. The molecule has 2 N–H and O–H groups in total. The number of rotatable bonds is 4. The maximum absolute atomic E-state index is 10.9. The number of aromatic hydroxyl groups is 1. The van der Waals surface area contributed by atoms with Gasteiger partial charge in [0.2, 0.25) is 0 Å². The Morgan fingerprint density at radius 1 is 0.778 bits per heavy atom. The van der Waals surface area contributed by atoms with Crippen LogP contribution in [-0.4, -0.2) is 10.6 Å². The molecule has 3 rings (SSSR count). The molecule has 0 saturated carbocycles. The second-order valence-corrected chi connectivity index (χ2v) is 8.52. The molecule has 0 unspecified atom stereocenters. The first-order chi connectivity index (χ1) is 12.7. The maximum Gasteiger partial charge on any atom is 0.127 e. The minimum absolute atomic E-state index is 0.0524. The average Bonchev–Trinajstić information content (AvgIpc) is 2.62. The Hall–Kier alpha value is -2.00. The minimum Gasteiger partial charge on any atom is -0.507 e. The molecular formula is C23H23Cl2NO. The molecule has 0 atom stereocenters. The molecule has 0 aliphatic rings. The monoisotopic (exact) mass is 399 g/mol. The maximum atomic E-state index is 10.9. The Bertz CT molecular complexity index is 926. The largest absolute Gasteiger partial charge is 0.507 e. The third-order valence-electron chi connectivity index (χ3n) is 4.33. The van der Waals surface area contributed by atoms with Crippen LogP contribution in [0, 0.1) is 0 Å². The zero-order chi connectivity index (χ0) is 19.6. The Labute approximate surface area is 170 Å². The molecule has 0 aromatic heterocycles. The van der Waals surface area contributed by atoms with E-state index in [0.29, 0.717) is 16.6 Å². The summed E-state index contributed by atoms with van der Waals surface area (Å²) in [5, 5.41) is 15.7. The van der Waals surface area contributed by atoms with E-state index >= 15 is 0 Å². The van der Waals surface area contributed by atoms with E-state index in [1.54, 1.807) is 0 Å². The van der Waals surface area contributed by atoms with Crippen molar-refractivity contribution in [1.29, 1.82) is 0 Å². The van der Waals surface area contributed by atoms with Gasteiger partial charge in [0.05, 0.1) is 0 Å². The van der Waals surface area contributed by atoms with Crippen LogP contribution in [0.3, 0.4) is 0 Å². The van der Waals surface area contributed by atoms with Crippen LogP contribution in [0.15, 0.2) is 60.7 Å². The summed E-state index contributed by atoms with van der Waals surface area (Å²) < 4.78 is 0. The van der Waals surface area contributed by atoms with Gasteiger partial charge in [0.15, 0.2) is 0 Å². The predicted octanol–water partition coefficient (Wildman–Crippen LogP) is 6.92. The van der Waals surface area contributed by atoms with Crippen molar-refractivity contribution in [3.05, 3.63) is 76.3 Å². The van der Waals surface area contributed by atoms with Crippen molar-refractivity contribution in [1.82, 2.24) is 5.32 Å². The Balaban J connectivity index is 2.11. The van der Waals surface area contributed by atoms with E-state index in [1.807, 2.05) is 60.7 Å². The molecule has 0 radical (unpaired) electrons. The lowest BCUT2D eigenvalue weighted by atomic mass is 9.94. The van der Waals surface area contributed by atoms with Crippen molar-refractivity contribution < 1.29 is 5.11 Å². The standard InChI is InChI=1S/C23H23Cl2NO/c1-23(2,3)26-14-18-12-17(15-4-8-19(24)9-5-15)13-21(22(18)27)16-6-10-20(25)11-7-16/h4-13,26-27H,14H2,1-3H3. The highest BCUT2D eigenvalue weighted by atomic mass is 35.5. The van der Waals surface area contributed by atoms with Gasteiger partial charge in [-0.3, -0.25) is 0 Å². The number of benzene rings is 3. The number of nitrogens with one attached hydrogen (secondary N) is 1. The SMILES string of the molecule is CC(C)(C)NCc1cc(-c2ccc(Cl)cc2)cc(-c2ccc(Cl)cc2)c1O. The molecule has 140 valence electrons. The van der Waals surface area contributed by atoms with E-state index < -0.39 is 0 Å². The Morgan fingerprint density at radius 2 is 1.30 bits per heavy atom. The van der Waals surface area contributed by atoms with E-state index in [-0.39, 0.29) is 11.3 Å². The fraction of sp³-hybridized carbons (Fsp3) is 0.217. The number of phenolic OH excluding ortho intramolecular Hbond substituents is 1. The van der Waals surface area contributed by atoms with Gasteiger partial charge in [0.25, 0.3) is 0 Å². The molecule has 3 aromatic rings. The summed E-state index contributed by atoms with van der Waals surface area (Å²) in [5.74, 6) is 0.284. The third kappa shape index (κ3) is 5.04. The molecule has 4 heteroatoms. The zero-order valence-electron chi connectivity index (χ0n) is 15.7. The lowest BCUT2D eigenvalue weighted by Gasteiger charge is -2.22. The van der Waals surface area contributed by atoms with Crippen molar-refractivity contribution >= 4 is 23.2 Å². The first kappa shape index (κ1) is 19.8. The molecule has 0 spiro atoms. The normalized spacial score (nSPS) is 11.6. The van der Waals surface area contributed by atoms with Crippen molar-refractivity contribution in [3.8, 4) is 28.0 Å². The van der Waals surface area contributed by atoms with Crippen LogP contribution in [0.1, 0.15) is 26.3 Å². The Morgan fingerprint density at radius 3 is 1.81 bits per heavy atom. The van der Waals surface area contributed by atoms with Crippen molar-refractivity contribution in [2.45, 2.75) is 32.9 Å². The second kappa shape index (κ2) is 7.93. The zero-order valence-corrected chi connectivity index (χ0v) is 17.2. The topological polar surface area (TPSA) is 32.3 Å². The summed E-state index contributed by atoms with van der Waals surface area (Å²) in [4.78, 5) is 0. The molecule has 0 aliphatic carbocycles. The molecular weight excluding hydrogens is 377 g/mol. The van der Waals surface area contributed by atoms with Crippen LogP contribution in [0.2, 0.25) is 10.0 Å². The van der Waals surface area contributed by atoms with E-state index in [1.165, 1.54) is 0 Å².